The zero-order chi connectivity index (χ0) is 13.8. The number of nitrogens with two attached hydrogens (primary N) is 1. The molecule has 0 aromatic carbocycles. The number of ether oxygens (including phenoxy) is 1. The molecule has 1 aliphatic rings. The van der Waals surface area contributed by atoms with Gasteiger partial charge in [0.2, 0.25) is 0 Å². The van der Waals surface area contributed by atoms with Crippen LogP contribution in [0.25, 0.3) is 0 Å². The van der Waals surface area contributed by atoms with Crippen molar-refractivity contribution in [2.45, 2.75) is 77.9 Å². The summed E-state index contributed by atoms with van der Waals surface area (Å²) < 4.78 is 5.95. The molecule has 18 heavy (non-hydrogen) atoms. The van der Waals surface area contributed by atoms with E-state index >= 15 is 0 Å². The standard InChI is InChI=1S/C15H32N2O/c1-6-7-12(2)13(17-16)15(18-5)10-8-14(3,4)9-11-15/h12-13,17H,6-11,16H2,1-5H3. The van der Waals surface area contributed by atoms with Gasteiger partial charge in [0.25, 0.3) is 0 Å². The maximum atomic E-state index is 5.95. The van der Waals surface area contributed by atoms with Crippen molar-refractivity contribution in [2.75, 3.05) is 7.11 Å². The number of nitrogens with one attached hydrogen (secondary N) is 1. The molecule has 1 fully saturated rings. The predicted octanol–water partition coefficient (Wildman–Crippen LogP) is 3.24. The highest BCUT2D eigenvalue weighted by Gasteiger charge is 2.45. The molecule has 1 aliphatic carbocycles. The normalized spacial score (nSPS) is 25.7. The molecule has 0 radical (unpaired) electrons. The first-order chi connectivity index (χ1) is 8.40. The van der Waals surface area contributed by atoms with Crippen LogP contribution in [0.15, 0.2) is 0 Å². The van der Waals surface area contributed by atoms with E-state index < -0.39 is 0 Å². The van der Waals surface area contributed by atoms with E-state index in [1.54, 1.807) is 0 Å². The largest absolute Gasteiger partial charge is 0.377 e. The topological polar surface area (TPSA) is 47.3 Å². The van der Waals surface area contributed by atoms with E-state index in [0.29, 0.717) is 11.3 Å². The van der Waals surface area contributed by atoms with Crippen LogP contribution in [0.1, 0.15) is 66.2 Å². The van der Waals surface area contributed by atoms with Crippen LogP contribution in [0.3, 0.4) is 0 Å². The van der Waals surface area contributed by atoms with Crippen LogP contribution < -0.4 is 11.3 Å². The second-order valence-corrected chi connectivity index (χ2v) is 6.84. The van der Waals surface area contributed by atoms with Crippen molar-refractivity contribution in [2.24, 2.45) is 17.2 Å². The molecule has 3 N–H and O–H groups in total. The van der Waals surface area contributed by atoms with Crippen molar-refractivity contribution in [1.82, 2.24) is 5.43 Å². The summed E-state index contributed by atoms with van der Waals surface area (Å²) in [5, 5.41) is 0. The molecular weight excluding hydrogens is 224 g/mol. The molecule has 0 saturated heterocycles. The molecule has 2 atom stereocenters. The molecule has 3 nitrogen and oxygen atoms in total. The van der Waals surface area contributed by atoms with Gasteiger partial charge >= 0.3 is 0 Å². The third-order valence-corrected chi connectivity index (χ3v) is 4.92. The Labute approximate surface area is 113 Å². The van der Waals surface area contributed by atoms with Crippen molar-refractivity contribution in [3.63, 3.8) is 0 Å². The van der Waals surface area contributed by atoms with E-state index in [-0.39, 0.29) is 11.6 Å². The minimum Gasteiger partial charge on any atom is -0.377 e. The van der Waals surface area contributed by atoms with Crippen LogP contribution in [-0.2, 0) is 4.74 Å². The predicted molar refractivity (Wildman–Crippen MR) is 77.2 cm³/mol. The van der Waals surface area contributed by atoms with Gasteiger partial charge in [-0.15, -0.1) is 0 Å². The summed E-state index contributed by atoms with van der Waals surface area (Å²) in [4.78, 5) is 0. The van der Waals surface area contributed by atoms with Crippen LogP contribution in [0.4, 0.5) is 0 Å². The Morgan fingerprint density at radius 2 is 1.78 bits per heavy atom. The lowest BCUT2D eigenvalue weighted by Crippen LogP contribution is -2.59. The number of hydrogen-bond donors (Lipinski definition) is 2. The highest BCUT2D eigenvalue weighted by Crippen LogP contribution is 2.44. The average molecular weight is 256 g/mol. The number of methoxy groups -OCH3 is 1. The summed E-state index contributed by atoms with van der Waals surface area (Å²) in [5.74, 6) is 6.39. The van der Waals surface area contributed by atoms with Crippen LogP contribution in [0, 0.1) is 11.3 Å². The second-order valence-electron chi connectivity index (χ2n) is 6.84. The van der Waals surface area contributed by atoms with Gasteiger partial charge in [0.05, 0.1) is 11.6 Å². The van der Waals surface area contributed by atoms with Crippen LogP contribution in [0.5, 0.6) is 0 Å². The molecule has 0 aromatic rings. The average Bonchev–Trinajstić information content (AvgIpc) is 2.33. The summed E-state index contributed by atoms with van der Waals surface area (Å²) in [5.41, 5.74) is 3.43. The maximum Gasteiger partial charge on any atom is 0.0847 e. The number of hydrogen-bond acceptors (Lipinski definition) is 3. The first kappa shape index (κ1) is 15.9. The van der Waals surface area contributed by atoms with Crippen LogP contribution in [0.2, 0.25) is 0 Å². The number of hydrazine groups is 1. The summed E-state index contributed by atoms with van der Waals surface area (Å²) in [6.45, 7) is 9.22. The molecule has 0 aliphatic heterocycles. The van der Waals surface area contributed by atoms with Gasteiger partial charge < -0.3 is 4.74 Å². The zero-order valence-electron chi connectivity index (χ0n) is 12.9. The fourth-order valence-corrected chi connectivity index (χ4v) is 3.45. The van der Waals surface area contributed by atoms with E-state index in [4.69, 9.17) is 10.6 Å². The van der Waals surface area contributed by atoms with Crippen molar-refractivity contribution in [3.8, 4) is 0 Å². The minimum absolute atomic E-state index is 0.0706. The first-order valence-electron chi connectivity index (χ1n) is 7.42. The molecule has 1 saturated carbocycles. The van der Waals surface area contributed by atoms with Crippen molar-refractivity contribution >= 4 is 0 Å². The zero-order valence-corrected chi connectivity index (χ0v) is 12.9. The quantitative estimate of drug-likeness (QED) is 0.566. The molecule has 1 rings (SSSR count). The second kappa shape index (κ2) is 6.36. The Morgan fingerprint density at radius 3 is 2.17 bits per heavy atom. The molecule has 108 valence electrons. The van der Waals surface area contributed by atoms with E-state index in [0.717, 1.165) is 12.8 Å². The summed E-state index contributed by atoms with van der Waals surface area (Å²) in [7, 11) is 1.85. The van der Waals surface area contributed by atoms with Crippen LogP contribution >= 0.6 is 0 Å². The highest BCUT2D eigenvalue weighted by atomic mass is 16.5. The third kappa shape index (κ3) is 3.46. The Bertz CT molecular complexity index is 243. The summed E-state index contributed by atoms with van der Waals surface area (Å²) in [6.07, 6.45) is 7.06. The van der Waals surface area contributed by atoms with Crippen molar-refractivity contribution in [1.29, 1.82) is 0 Å². The van der Waals surface area contributed by atoms with Crippen molar-refractivity contribution < 1.29 is 4.74 Å². The van der Waals surface area contributed by atoms with E-state index in [2.05, 4.69) is 33.1 Å². The van der Waals surface area contributed by atoms with Gasteiger partial charge in [-0.3, -0.25) is 11.3 Å². The van der Waals surface area contributed by atoms with Gasteiger partial charge in [0.15, 0.2) is 0 Å². The van der Waals surface area contributed by atoms with Gasteiger partial charge in [-0.1, -0.05) is 34.1 Å². The lowest BCUT2D eigenvalue weighted by molar-refractivity contribution is -0.0980. The van der Waals surface area contributed by atoms with Gasteiger partial charge in [-0.25, -0.2) is 0 Å². The number of rotatable bonds is 6. The monoisotopic (exact) mass is 256 g/mol. The van der Waals surface area contributed by atoms with E-state index in [1.807, 2.05) is 7.11 Å². The molecule has 0 heterocycles. The van der Waals surface area contributed by atoms with Crippen LogP contribution in [-0.4, -0.2) is 18.8 Å². The summed E-state index contributed by atoms with van der Waals surface area (Å²) in [6, 6.07) is 0.263. The molecule has 0 amide bonds. The Hall–Kier alpha value is -0.120. The molecule has 0 aromatic heterocycles. The molecule has 0 spiro atoms. The molecule has 0 bridgehead atoms. The fourth-order valence-electron chi connectivity index (χ4n) is 3.45. The molecular formula is C15H32N2O. The third-order valence-electron chi connectivity index (χ3n) is 4.92. The Balaban J connectivity index is 2.79. The lowest BCUT2D eigenvalue weighted by atomic mass is 9.66. The van der Waals surface area contributed by atoms with E-state index in [9.17, 15) is 0 Å². The van der Waals surface area contributed by atoms with Gasteiger partial charge in [-0.05, 0) is 43.4 Å². The molecule has 2 unspecified atom stereocenters. The molecule has 3 heteroatoms. The van der Waals surface area contributed by atoms with Gasteiger partial charge in [0, 0.05) is 7.11 Å². The van der Waals surface area contributed by atoms with Gasteiger partial charge in [0.1, 0.15) is 0 Å². The Morgan fingerprint density at radius 1 is 1.22 bits per heavy atom. The smallest absolute Gasteiger partial charge is 0.0847 e. The van der Waals surface area contributed by atoms with Gasteiger partial charge in [-0.2, -0.15) is 0 Å². The van der Waals surface area contributed by atoms with E-state index in [1.165, 1.54) is 25.7 Å². The fraction of sp³-hybridized carbons (Fsp3) is 1.00. The highest BCUT2D eigenvalue weighted by molar-refractivity contribution is 4.99. The first-order valence-corrected chi connectivity index (χ1v) is 7.42. The summed E-state index contributed by atoms with van der Waals surface area (Å²) >= 11 is 0. The minimum atomic E-state index is -0.0706. The maximum absolute atomic E-state index is 5.95. The van der Waals surface area contributed by atoms with Crippen molar-refractivity contribution in [3.05, 3.63) is 0 Å². The lowest BCUT2D eigenvalue weighted by Gasteiger charge is -2.48. The SMILES string of the molecule is CCCC(C)C(NN)C1(OC)CCC(C)(C)CC1. The Kier molecular flexibility index (Phi) is 5.63.